The number of hydrogen-bond acceptors (Lipinski definition) is 4. The van der Waals surface area contributed by atoms with Crippen molar-refractivity contribution in [2.75, 3.05) is 6.61 Å². The molecular weight excluding hydrogens is 368 g/mol. The van der Waals surface area contributed by atoms with Crippen molar-refractivity contribution in [2.45, 2.75) is 64.9 Å². The minimum Gasteiger partial charge on any atom is -0.466 e. The van der Waals surface area contributed by atoms with E-state index in [9.17, 15) is 27.2 Å². The zero-order valence-corrected chi connectivity index (χ0v) is 15.3. The lowest BCUT2D eigenvalue weighted by Gasteiger charge is -2.08. The first-order valence-electron chi connectivity index (χ1n) is 8.99. The number of carbonyl (C=O) groups is 2. The summed E-state index contributed by atoms with van der Waals surface area (Å²) >= 11 is 0. The first-order valence-corrected chi connectivity index (χ1v) is 8.99. The lowest BCUT2D eigenvalue weighted by atomic mass is 10.2. The third-order valence-electron chi connectivity index (χ3n) is 3.84. The summed E-state index contributed by atoms with van der Waals surface area (Å²) in [6.07, 6.45) is 5.23. The third-order valence-corrected chi connectivity index (χ3v) is 3.84. The van der Waals surface area contributed by atoms with Gasteiger partial charge >= 0.3 is 11.9 Å². The molecule has 0 aliphatic heterocycles. The number of carbonyl (C=O) groups excluding carboxylic acids is 2. The van der Waals surface area contributed by atoms with E-state index < -0.39 is 47.4 Å². The number of unbranched alkanes of at least 4 members (excludes halogenated alkanes) is 4. The summed E-state index contributed by atoms with van der Waals surface area (Å²) in [4.78, 5) is 23.0. The predicted octanol–water partition coefficient (Wildman–Crippen LogP) is 4.97. The summed E-state index contributed by atoms with van der Waals surface area (Å²) < 4.78 is 62.1. The van der Waals surface area contributed by atoms with Crippen LogP contribution in [-0.4, -0.2) is 18.5 Å². The van der Waals surface area contributed by atoms with Crippen LogP contribution in [0.4, 0.5) is 17.6 Å². The van der Waals surface area contributed by atoms with Gasteiger partial charge in [0.1, 0.15) is 6.61 Å². The molecule has 0 radical (unpaired) electrons. The SMILES string of the molecule is CCCCCCCOC(=O)CCCC(=O)OCc1cc(F)c(F)c(F)c1F. The molecule has 152 valence electrons. The zero-order valence-electron chi connectivity index (χ0n) is 15.3. The topological polar surface area (TPSA) is 52.6 Å². The van der Waals surface area contributed by atoms with Crippen LogP contribution in [0, 0.1) is 23.3 Å². The van der Waals surface area contributed by atoms with E-state index in [1.807, 2.05) is 0 Å². The van der Waals surface area contributed by atoms with Gasteiger partial charge in [0.05, 0.1) is 6.61 Å². The molecule has 4 nitrogen and oxygen atoms in total. The lowest BCUT2D eigenvalue weighted by molar-refractivity contribution is -0.146. The average Bonchev–Trinajstić information content (AvgIpc) is 2.64. The van der Waals surface area contributed by atoms with Gasteiger partial charge in [0.25, 0.3) is 0 Å². The first-order chi connectivity index (χ1) is 12.9. The van der Waals surface area contributed by atoms with E-state index in [0.717, 1.165) is 32.1 Å². The Hall–Kier alpha value is -2.12. The molecule has 8 heteroatoms. The minimum atomic E-state index is -1.96. The van der Waals surface area contributed by atoms with Crippen LogP contribution < -0.4 is 0 Å². The van der Waals surface area contributed by atoms with Crippen LogP contribution in [0.1, 0.15) is 63.9 Å². The van der Waals surface area contributed by atoms with Crippen molar-refractivity contribution in [3.63, 3.8) is 0 Å². The van der Waals surface area contributed by atoms with Crippen molar-refractivity contribution in [1.29, 1.82) is 0 Å². The molecule has 0 aromatic heterocycles. The zero-order chi connectivity index (χ0) is 20.2. The van der Waals surface area contributed by atoms with E-state index in [1.165, 1.54) is 0 Å². The van der Waals surface area contributed by atoms with E-state index in [1.54, 1.807) is 0 Å². The Morgan fingerprint density at radius 3 is 2.11 bits per heavy atom. The lowest BCUT2D eigenvalue weighted by Crippen LogP contribution is -2.10. The molecule has 1 aromatic carbocycles. The molecule has 0 saturated heterocycles. The number of ether oxygens (including phenoxy) is 2. The van der Waals surface area contributed by atoms with Crippen LogP contribution in [0.25, 0.3) is 0 Å². The predicted molar refractivity (Wildman–Crippen MR) is 89.6 cm³/mol. The molecule has 1 rings (SSSR count). The van der Waals surface area contributed by atoms with Crippen molar-refractivity contribution in [3.05, 3.63) is 34.9 Å². The number of rotatable bonds is 12. The highest BCUT2D eigenvalue weighted by Gasteiger charge is 2.19. The van der Waals surface area contributed by atoms with E-state index in [4.69, 9.17) is 4.74 Å². The summed E-state index contributed by atoms with van der Waals surface area (Å²) in [5.41, 5.74) is -0.609. The van der Waals surface area contributed by atoms with Gasteiger partial charge in [-0.15, -0.1) is 0 Å². The van der Waals surface area contributed by atoms with E-state index in [2.05, 4.69) is 11.7 Å². The standard InChI is InChI=1S/C19H24F4O4/c1-2-3-4-5-6-10-26-15(24)8-7-9-16(25)27-12-13-11-14(20)18(22)19(23)17(13)21/h11H,2-10,12H2,1H3. The Kier molecular flexibility index (Phi) is 10.4. The second kappa shape index (κ2) is 12.3. The van der Waals surface area contributed by atoms with Crippen LogP contribution in [-0.2, 0) is 25.7 Å². The van der Waals surface area contributed by atoms with Crippen molar-refractivity contribution < 1.29 is 36.6 Å². The fraction of sp³-hybridized carbons (Fsp3) is 0.579. The highest BCUT2D eigenvalue weighted by atomic mass is 19.2. The minimum absolute atomic E-state index is 0.0260. The van der Waals surface area contributed by atoms with Crippen molar-refractivity contribution in [2.24, 2.45) is 0 Å². The molecule has 0 aliphatic rings. The third kappa shape index (κ3) is 8.41. The summed E-state index contributed by atoms with van der Waals surface area (Å²) in [6.45, 7) is 1.71. The number of benzene rings is 1. The molecule has 0 N–H and O–H groups in total. The van der Waals surface area contributed by atoms with Gasteiger partial charge in [-0.2, -0.15) is 0 Å². The summed E-state index contributed by atoms with van der Waals surface area (Å²) in [7, 11) is 0. The molecule has 0 unspecified atom stereocenters. The molecule has 0 amide bonds. The Balaban J connectivity index is 2.22. The van der Waals surface area contributed by atoms with Gasteiger partial charge in [-0.3, -0.25) is 9.59 Å². The molecule has 0 spiro atoms. The van der Waals surface area contributed by atoms with E-state index in [-0.39, 0.29) is 19.3 Å². The smallest absolute Gasteiger partial charge is 0.306 e. The Bertz CT molecular complexity index is 635. The van der Waals surface area contributed by atoms with Crippen LogP contribution in [0.2, 0.25) is 0 Å². The molecule has 0 saturated carbocycles. The fourth-order valence-corrected chi connectivity index (χ4v) is 2.30. The highest BCUT2D eigenvalue weighted by Crippen LogP contribution is 2.19. The quantitative estimate of drug-likeness (QED) is 0.166. The summed E-state index contributed by atoms with van der Waals surface area (Å²) in [5, 5.41) is 0. The average molecular weight is 392 g/mol. The van der Waals surface area contributed by atoms with Crippen LogP contribution in [0.3, 0.4) is 0 Å². The molecule has 0 aliphatic carbocycles. The second-order valence-electron chi connectivity index (χ2n) is 6.11. The Labute approximate surface area is 155 Å². The molecule has 27 heavy (non-hydrogen) atoms. The largest absolute Gasteiger partial charge is 0.466 e. The number of esters is 2. The van der Waals surface area contributed by atoms with Crippen molar-refractivity contribution >= 4 is 11.9 Å². The van der Waals surface area contributed by atoms with Crippen LogP contribution in [0.15, 0.2) is 6.07 Å². The monoisotopic (exact) mass is 392 g/mol. The maximum absolute atomic E-state index is 13.4. The summed E-state index contributed by atoms with van der Waals surface area (Å²) in [5.74, 6) is -8.26. The van der Waals surface area contributed by atoms with Gasteiger partial charge in [-0.25, -0.2) is 17.6 Å². The van der Waals surface area contributed by atoms with Crippen molar-refractivity contribution in [1.82, 2.24) is 0 Å². The van der Waals surface area contributed by atoms with Crippen LogP contribution >= 0.6 is 0 Å². The molecule has 0 heterocycles. The van der Waals surface area contributed by atoms with Gasteiger partial charge in [0.2, 0.25) is 0 Å². The van der Waals surface area contributed by atoms with Gasteiger partial charge in [-0.05, 0) is 18.9 Å². The normalized spacial score (nSPS) is 10.7. The van der Waals surface area contributed by atoms with Crippen molar-refractivity contribution in [3.8, 4) is 0 Å². The van der Waals surface area contributed by atoms with E-state index >= 15 is 0 Å². The number of halogens is 4. The molecular formula is C19H24F4O4. The molecule has 0 bridgehead atoms. The van der Waals surface area contributed by atoms with Gasteiger partial charge in [0.15, 0.2) is 23.3 Å². The molecule has 0 fully saturated rings. The second-order valence-corrected chi connectivity index (χ2v) is 6.11. The maximum Gasteiger partial charge on any atom is 0.306 e. The first kappa shape index (κ1) is 22.9. The Morgan fingerprint density at radius 2 is 1.44 bits per heavy atom. The van der Waals surface area contributed by atoms with Gasteiger partial charge in [0, 0.05) is 18.4 Å². The van der Waals surface area contributed by atoms with Gasteiger partial charge in [-0.1, -0.05) is 32.6 Å². The van der Waals surface area contributed by atoms with E-state index in [0.29, 0.717) is 12.7 Å². The fourth-order valence-electron chi connectivity index (χ4n) is 2.30. The van der Waals surface area contributed by atoms with Crippen LogP contribution in [0.5, 0.6) is 0 Å². The number of hydrogen-bond donors (Lipinski definition) is 0. The Morgan fingerprint density at radius 1 is 0.815 bits per heavy atom. The molecule has 1 aromatic rings. The van der Waals surface area contributed by atoms with Gasteiger partial charge < -0.3 is 9.47 Å². The maximum atomic E-state index is 13.4. The summed E-state index contributed by atoms with van der Waals surface area (Å²) in [6, 6.07) is 0.429. The molecule has 0 atom stereocenters. The highest BCUT2D eigenvalue weighted by molar-refractivity contribution is 5.72.